The van der Waals surface area contributed by atoms with Gasteiger partial charge >= 0.3 is 12.0 Å². The number of amides is 2. The highest BCUT2D eigenvalue weighted by Gasteiger charge is 2.15. The molecule has 0 bridgehead atoms. The number of aryl methyl sites for hydroxylation is 1. The Balaban J connectivity index is 2.55. The molecular formula is C12H19N3O4. The van der Waals surface area contributed by atoms with Crippen LogP contribution in [-0.4, -0.2) is 41.3 Å². The lowest BCUT2D eigenvalue weighted by Crippen LogP contribution is -2.35. The Morgan fingerprint density at radius 2 is 2.21 bits per heavy atom. The second-order valence-corrected chi connectivity index (χ2v) is 4.15. The first kappa shape index (κ1) is 15.0. The van der Waals surface area contributed by atoms with E-state index in [-0.39, 0.29) is 17.5 Å². The number of urea groups is 1. The number of nitrogens with one attached hydrogen (secondary N) is 3. The predicted molar refractivity (Wildman–Crippen MR) is 70.6 cm³/mol. The smallest absolute Gasteiger partial charge is 0.354 e. The fraction of sp³-hybridized carbons (Fsp3) is 0.500. The Kier molecular flexibility index (Phi) is 5.37. The summed E-state index contributed by atoms with van der Waals surface area (Å²) in [6.45, 7) is 6.36. The van der Waals surface area contributed by atoms with E-state index < -0.39 is 12.0 Å². The lowest BCUT2D eigenvalue weighted by Gasteiger charge is -2.13. The first-order valence-electron chi connectivity index (χ1n) is 6.03. The molecule has 0 spiro atoms. The largest absolute Gasteiger partial charge is 0.477 e. The number of aromatic amines is 1. The second-order valence-electron chi connectivity index (χ2n) is 4.15. The quantitative estimate of drug-likeness (QED) is 0.629. The number of carboxylic acids is 1. The van der Waals surface area contributed by atoms with Crippen LogP contribution in [0.1, 0.15) is 30.0 Å². The van der Waals surface area contributed by atoms with Crippen molar-refractivity contribution >= 4 is 17.7 Å². The van der Waals surface area contributed by atoms with Crippen LogP contribution in [0.2, 0.25) is 0 Å². The molecule has 1 aromatic rings. The lowest BCUT2D eigenvalue weighted by atomic mass is 10.3. The molecule has 7 heteroatoms. The minimum absolute atomic E-state index is 0.0366. The minimum Gasteiger partial charge on any atom is -0.477 e. The van der Waals surface area contributed by atoms with Crippen LogP contribution in [0.4, 0.5) is 10.5 Å². The predicted octanol–water partition coefficient (Wildman–Crippen LogP) is 1.57. The molecule has 0 fully saturated rings. The molecule has 1 heterocycles. The molecule has 0 aliphatic rings. The van der Waals surface area contributed by atoms with Gasteiger partial charge in [0.05, 0.1) is 11.8 Å². The second kappa shape index (κ2) is 6.79. The van der Waals surface area contributed by atoms with Crippen LogP contribution >= 0.6 is 0 Å². The van der Waals surface area contributed by atoms with E-state index in [1.807, 2.05) is 13.8 Å². The molecule has 0 aliphatic carbocycles. The molecule has 0 saturated heterocycles. The Hall–Kier alpha value is -2.02. The van der Waals surface area contributed by atoms with E-state index in [1.54, 1.807) is 13.0 Å². The number of rotatable bonds is 6. The van der Waals surface area contributed by atoms with Gasteiger partial charge in [0.1, 0.15) is 5.69 Å². The molecule has 19 heavy (non-hydrogen) atoms. The fourth-order valence-electron chi connectivity index (χ4n) is 1.60. The molecular weight excluding hydrogens is 250 g/mol. The van der Waals surface area contributed by atoms with E-state index in [0.29, 0.717) is 18.8 Å². The van der Waals surface area contributed by atoms with E-state index >= 15 is 0 Å². The van der Waals surface area contributed by atoms with Crippen molar-refractivity contribution in [1.29, 1.82) is 0 Å². The fourth-order valence-corrected chi connectivity index (χ4v) is 1.60. The molecule has 1 rings (SSSR count). The van der Waals surface area contributed by atoms with E-state index in [9.17, 15) is 9.59 Å². The summed E-state index contributed by atoms with van der Waals surface area (Å²) in [5, 5.41) is 14.1. The van der Waals surface area contributed by atoms with E-state index in [2.05, 4.69) is 15.6 Å². The molecule has 0 aliphatic heterocycles. The van der Waals surface area contributed by atoms with Gasteiger partial charge in [-0.3, -0.25) is 0 Å². The Morgan fingerprint density at radius 3 is 2.79 bits per heavy atom. The summed E-state index contributed by atoms with van der Waals surface area (Å²) < 4.78 is 5.27. The molecule has 7 nitrogen and oxygen atoms in total. The van der Waals surface area contributed by atoms with Crippen LogP contribution in [0, 0.1) is 6.92 Å². The summed E-state index contributed by atoms with van der Waals surface area (Å²) in [4.78, 5) is 25.2. The van der Waals surface area contributed by atoms with E-state index in [1.165, 1.54) is 0 Å². The molecule has 106 valence electrons. The van der Waals surface area contributed by atoms with Crippen molar-refractivity contribution in [3.05, 3.63) is 17.5 Å². The zero-order valence-corrected chi connectivity index (χ0v) is 11.2. The van der Waals surface area contributed by atoms with Crippen LogP contribution in [0.15, 0.2) is 6.07 Å². The van der Waals surface area contributed by atoms with Gasteiger partial charge in [0.15, 0.2) is 0 Å². The van der Waals surface area contributed by atoms with Crippen molar-refractivity contribution in [2.75, 3.05) is 18.5 Å². The zero-order chi connectivity index (χ0) is 14.4. The maximum atomic E-state index is 11.6. The third-order valence-electron chi connectivity index (χ3n) is 2.42. The summed E-state index contributed by atoms with van der Waals surface area (Å²) in [7, 11) is 0. The minimum atomic E-state index is -1.12. The number of anilines is 1. The van der Waals surface area contributed by atoms with Crippen molar-refractivity contribution < 1.29 is 19.4 Å². The molecule has 2 amide bonds. The van der Waals surface area contributed by atoms with Gasteiger partial charge in [0.2, 0.25) is 0 Å². The van der Waals surface area contributed by atoms with Gasteiger partial charge in [0.25, 0.3) is 0 Å². The molecule has 0 saturated carbocycles. The summed E-state index contributed by atoms with van der Waals surface area (Å²) in [5.74, 6) is -1.12. The summed E-state index contributed by atoms with van der Waals surface area (Å²) in [6, 6.07) is 1.10. The van der Waals surface area contributed by atoms with Gasteiger partial charge in [-0.15, -0.1) is 0 Å². The lowest BCUT2D eigenvalue weighted by molar-refractivity contribution is 0.0692. The maximum Gasteiger partial charge on any atom is 0.354 e. The van der Waals surface area contributed by atoms with Crippen LogP contribution in [0.3, 0.4) is 0 Å². The first-order chi connectivity index (χ1) is 8.93. The zero-order valence-electron chi connectivity index (χ0n) is 11.2. The Labute approximate surface area is 111 Å². The number of carbonyl (C=O) groups excluding carboxylic acids is 1. The highest BCUT2D eigenvalue weighted by atomic mass is 16.5. The Bertz CT molecular complexity index is 456. The average molecular weight is 269 g/mol. The highest BCUT2D eigenvalue weighted by Crippen LogP contribution is 2.16. The van der Waals surface area contributed by atoms with Crippen molar-refractivity contribution in [2.24, 2.45) is 0 Å². The van der Waals surface area contributed by atoms with Crippen LogP contribution < -0.4 is 10.6 Å². The van der Waals surface area contributed by atoms with Gasteiger partial charge in [-0.05, 0) is 26.8 Å². The molecule has 4 N–H and O–H groups in total. The third-order valence-corrected chi connectivity index (χ3v) is 2.42. The van der Waals surface area contributed by atoms with Crippen molar-refractivity contribution in [2.45, 2.75) is 26.9 Å². The SMILES string of the molecule is CCOC(C)CNC(=O)Nc1cc(C)[nH]c1C(=O)O. The maximum absolute atomic E-state index is 11.6. The molecule has 0 radical (unpaired) electrons. The number of ether oxygens (including phenoxy) is 1. The normalized spacial score (nSPS) is 11.9. The number of hydrogen-bond acceptors (Lipinski definition) is 3. The third kappa shape index (κ3) is 4.63. The van der Waals surface area contributed by atoms with Gasteiger partial charge in [-0.25, -0.2) is 9.59 Å². The number of hydrogen-bond donors (Lipinski definition) is 4. The first-order valence-corrected chi connectivity index (χ1v) is 6.03. The topological polar surface area (TPSA) is 103 Å². The molecule has 1 atom stereocenters. The van der Waals surface area contributed by atoms with Crippen LogP contribution in [-0.2, 0) is 4.74 Å². The van der Waals surface area contributed by atoms with Gasteiger partial charge in [-0.1, -0.05) is 0 Å². The number of aromatic nitrogens is 1. The van der Waals surface area contributed by atoms with E-state index in [0.717, 1.165) is 0 Å². The Morgan fingerprint density at radius 1 is 1.53 bits per heavy atom. The molecule has 1 aromatic heterocycles. The molecule has 1 unspecified atom stereocenters. The number of H-pyrrole nitrogens is 1. The van der Waals surface area contributed by atoms with Gasteiger partial charge < -0.3 is 25.5 Å². The van der Waals surface area contributed by atoms with Gasteiger partial charge in [-0.2, -0.15) is 0 Å². The van der Waals surface area contributed by atoms with Crippen LogP contribution in [0.5, 0.6) is 0 Å². The standard InChI is InChI=1S/C12H19N3O4/c1-4-19-8(3)6-13-12(18)15-9-5-7(2)14-10(9)11(16)17/h5,8,14H,4,6H2,1-3H3,(H,16,17)(H2,13,15,18). The number of carbonyl (C=O) groups is 2. The molecule has 0 aromatic carbocycles. The van der Waals surface area contributed by atoms with E-state index in [4.69, 9.17) is 9.84 Å². The highest BCUT2D eigenvalue weighted by molar-refractivity contribution is 5.99. The summed E-state index contributed by atoms with van der Waals surface area (Å²) >= 11 is 0. The van der Waals surface area contributed by atoms with Crippen molar-refractivity contribution in [3.8, 4) is 0 Å². The summed E-state index contributed by atoms with van der Waals surface area (Å²) in [5.41, 5.74) is 0.868. The average Bonchev–Trinajstić information content (AvgIpc) is 2.68. The number of carboxylic acid groups (broad SMARTS) is 1. The monoisotopic (exact) mass is 269 g/mol. The van der Waals surface area contributed by atoms with Crippen molar-refractivity contribution in [1.82, 2.24) is 10.3 Å². The van der Waals surface area contributed by atoms with Gasteiger partial charge in [0, 0.05) is 18.8 Å². The number of aromatic carboxylic acids is 1. The van der Waals surface area contributed by atoms with Crippen LogP contribution in [0.25, 0.3) is 0 Å². The van der Waals surface area contributed by atoms with Crippen molar-refractivity contribution in [3.63, 3.8) is 0 Å². The summed E-state index contributed by atoms with van der Waals surface area (Å²) in [6.07, 6.45) is -0.0948.